The van der Waals surface area contributed by atoms with Gasteiger partial charge in [-0.3, -0.25) is 9.59 Å². The number of pyridine rings is 1. The highest BCUT2D eigenvalue weighted by atomic mass is 16.5. The van der Waals surface area contributed by atoms with Gasteiger partial charge in [0, 0.05) is 52.2 Å². The second-order valence-corrected chi connectivity index (χ2v) is 8.69. The fraction of sp³-hybridized carbons (Fsp3) is 0.480. The predicted octanol–water partition coefficient (Wildman–Crippen LogP) is 0.954. The number of nitrogens with one attached hydrogen (secondary N) is 2. The van der Waals surface area contributed by atoms with Crippen molar-refractivity contribution in [2.45, 2.75) is 39.0 Å². The van der Waals surface area contributed by atoms with Gasteiger partial charge in [0.25, 0.3) is 5.91 Å². The standard InChI is InChI=1S/C25H33N5O4/c1-3-34-25-20(8-9-23(28-25)30-12-10-29(11-13-30)17(2)31)24(33)27-16-22(32)21-14-18-6-4-5-7-19(18)15-26-21/h4-9,21-22,26,32H,3,10-16H2,1-2H3,(H,27,33)/t21-,22+/m0/s1. The quantitative estimate of drug-likeness (QED) is 0.557. The number of hydrogen-bond donors (Lipinski definition) is 3. The number of hydrogen-bond acceptors (Lipinski definition) is 7. The molecule has 1 saturated heterocycles. The number of aromatic nitrogens is 1. The Morgan fingerprint density at radius 3 is 2.62 bits per heavy atom. The fourth-order valence-corrected chi connectivity index (χ4v) is 4.46. The summed E-state index contributed by atoms with van der Waals surface area (Å²) in [6.45, 7) is 7.25. The minimum Gasteiger partial charge on any atom is -0.477 e. The SMILES string of the molecule is CCOc1nc(N2CCN(C(C)=O)CC2)ccc1C(=O)NC[C@@H](O)[C@@H]1Cc2ccccc2CN1. The molecule has 1 aromatic carbocycles. The lowest BCUT2D eigenvalue weighted by atomic mass is 9.93. The third-order valence-electron chi connectivity index (χ3n) is 6.47. The van der Waals surface area contributed by atoms with Crippen molar-refractivity contribution in [3.05, 3.63) is 53.1 Å². The van der Waals surface area contributed by atoms with E-state index in [9.17, 15) is 14.7 Å². The molecule has 2 aliphatic rings. The van der Waals surface area contributed by atoms with Gasteiger partial charge in [-0.15, -0.1) is 0 Å². The summed E-state index contributed by atoms with van der Waals surface area (Å²) in [5, 5.41) is 16.9. The molecular formula is C25H33N5O4. The van der Waals surface area contributed by atoms with Gasteiger partial charge in [-0.25, -0.2) is 0 Å². The fourth-order valence-electron chi connectivity index (χ4n) is 4.46. The summed E-state index contributed by atoms with van der Waals surface area (Å²) in [6, 6.07) is 11.6. The average molecular weight is 468 g/mol. The smallest absolute Gasteiger partial charge is 0.256 e. The Labute approximate surface area is 200 Å². The van der Waals surface area contributed by atoms with E-state index in [2.05, 4.69) is 32.7 Å². The number of carbonyl (C=O) groups is 2. The highest BCUT2D eigenvalue weighted by molar-refractivity contribution is 5.96. The van der Waals surface area contributed by atoms with Gasteiger partial charge in [0.1, 0.15) is 11.4 Å². The van der Waals surface area contributed by atoms with E-state index in [1.807, 2.05) is 24.0 Å². The van der Waals surface area contributed by atoms with Crippen LogP contribution < -0.4 is 20.3 Å². The molecule has 3 heterocycles. The van der Waals surface area contributed by atoms with Crippen LogP contribution in [0.3, 0.4) is 0 Å². The van der Waals surface area contributed by atoms with Crippen LogP contribution >= 0.6 is 0 Å². The van der Waals surface area contributed by atoms with Crippen molar-refractivity contribution >= 4 is 17.6 Å². The number of ether oxygens (including phenoxy) is 1. The summed E-state index contributed by atoms with van der Waals surface area (Å²) in [6.07, 6.45) is -0.0115. The zero-order valence-electron chi connectivity index (χ0n) is 19.8. The van der Waals surface area contributed by atoms with Crippen LogP contribution in [0.4, 0.5) is 5.82 Å². The number of amides is 2. The van der Waals surface area contributed by atoms with Crippen molar-refractivity contribution in [3.63, 3.8) is 0 Å². The van der Waals surface area contributed by atoms with E-state index < -0.39 is 6.10 Å². The van der Waals surface area contributed by atoms with E-state index in [0.717, 1.165) is 0 Å². The van der Waals surface area contributed by atoms with Gasteiger partial charge in [-0.2, -0.15) is 4.98 Å². The number of fused-ring (bicyclic) bond motifs is 1. The Kier molecular flexibility index (Phi) is 7.64. The molecule has 2 aromatic rings. The number of rotatable bonds is 7. The first-order chi connectivity index (χ1) is 16.5. The zero-order valence-corrected chi connectivity index (χ0v) is 19.8. The van der Waals surface area contributed by atoms with E-state index in [0.29, 0.717) is 57.1 Å². The summed E-state index contributed by atoms with van der Waals surface area (Å²) >= 11 is 0. The largest absolute Gasteiger partial charge is 0.477 e. The van der Waals surface area contributed by atoms with E-state index >= 15 is 0 Å². The molecule has 9 heteroatoms. The summed E-state index contributed by atoms with van der Waals surface area (Å²) in [7, 11) is 0. The number of piperazine rings is 1. The second-order valence-electron chi connectivity index (χ2n) is 8.69. The van der Waals surface area contributed by atoms with Crippen molar-refractivity contribution in [2.75, 3.05) is 44.2 Å². The normalized spacial score (nSPS) is 18.7. The maximum atomic E-state index is 12.9. The summed E-state index contributed by atoms with van der Waals surface area (Å²) in [4.78, 5) is 33.0. The van der Waals surface area contributed by atoms with E-state index in [-0.39, 0.29) is 30.3 Å². The van der Waals surface area contributed by atoms with E-state index in [1.54, 1.807) is 19.1 Å². The number of aliphatic hydroxyl groups is 1. The first kappa shape index (κ1) is 24.0. The Morgan fingerprint density at radius 2 is 1.91 bits per heavy atom. The lowest BCUT2D eigenvalue weighted by Crippen LogP contribution is -2.49. The summed E-state index contributed by atoms with van der Waals surface area (Å²) < 4.78 is 5.67. The minimum atomic E-state index is -0.724. The van der Waals surface area contributed by atoms with Gasteiger partial charge in [0.15, 0.2) is 0 Å². The second kappa shape index (κ2) is 10.8. The van der Waals surface area contributed by atoms with Crippen LogP contribution in [0.25, 0.3) is 0 Å². The van der Waals surface area contributed by atoms with Gasteiger partial charge in [0.2, 0.25) is 11.8 Å². The van der Waals surface area contributed by atoms with Gasteiger partial charge in [0.05, 0.1) is 12.7 Å². The number of nitrogens with zero attached hydrogens (tertiary/aromatic N) is 3. The maximum Gasteiger partial charge on any atom is 0.256 e. The highest BCUT2D eigenvalue weighted by Gasteiger charge is 2.26. The van der Waals surface area contributed by atoms with Gasteiger partial charge in [-0.05, 0) is 36.6 Å². The Morgan fingerprint density at radius 1 is 1.18 bits per heavy atom. The molecule has 4 rings (SSSR count). The van der Waals surface area contributed by atoms with Crippen LogP contribution in [0.5, 0.6) is 5.88 Å². The van der Waals surface area contributed by atoms with E-state index in [1.165, 1.54) is 11.1 Å². The number of benzene rings is 1. The van der Waals surface area contributed by atoms with Crippen LogP contribution in [0.1, 0.15) is 35.3 Å². The third kappa shape index (κ3) is 5.48. The first-order valence-corrected chi connectivity index (χ1v) is 11.9. The molecular weight excluding hydrogens is 434 g/mol. The molecule has 182 valence electrons. The summed E-state index contributed by atoms with van der Waals surface area (Å²) in [5.74, 6) is 0.725. The number of carbonyl (C=O) groups excluding carboxylic acids is 2. The average Bonchev–Trinajstić information content (AvgIpc) is 2.87. The molecule has 0 unspecified atom stereocenters. The lowest BCUT2D eigenvalue weighted by Gasteiger charge is -2.35. The molecule has 2 aliphatic heterocycles. The molecule has 0 saturated carbocycles. The Bertz CT molecular complexity index is 1020. The molecule has 0 spiro atoms. The Hall–Kier alpha value is -3.17. The maximum absolute atomic E-state index is 12.9. The van der Waals surface area contributed by atoms with Crippen LogP contribution in [0.15, 0.2) is 36.4 Å². The summed E-state index contributed by atoms with van der Waals surface area (Å²) in [5.41, 5.74) is 2.80. The van der Waals surface area contributed by atoms with Crippen molar-refractivity contribution in [1.29, 1.82) is 0 Å². The van der Waals surface area contributed by atoms with Crippen LogP contribution in [0, 0.1) is 0 Å². The molecule has 9 nitrogen and oxygen atoms in total. The monoisotopic (exact) mass is 467 g/mol. The molecule has 0 aliphatic carbocycles. The molecule has 1 fully saturated rings. The van der Waals surface area contributed by atoms with Crippen LogP contribution in [0.2, 0.25) is 0 Å². The van der Waals surface area contributed by atoms with Crippen LogP contribution in [-0.2, 0) is 17.8 Å². The topological polar surface area (TPSA) is 107 Å². The molecule has 34 heavy (non-hydrogen) atoms. The van der Waals surface area contributed by atoms with Gasteiger partial charge >= 0.3 is 0 Å². The Balaban J connectivity index is 1.37. The number of aliphatic hydroxyl groups excluding tert-OH is 1. The molecule has 3 N–H and O–H groups in total. The van der Waals surface area contributed by atoms with Crippen molar-refractivity contribution in [3.8, 4) is 5.88 Å². The predicted molar refractivity (Wildman–Crippen MR) is 129 cm³/mol. The first-order valence-electron chi connectivity index (χ1n) is 11.9. The van der Waals surface area contributed by atoms with E-state index in [4.69, 9.17) is 4.74 Å². The zero-order chi connectivity index (χ0) is 24.1. The van der Waals surface area contributed by atoms with Crippen molar-refractivity contribution < 1.29 is 19.4 Å². The highest BCUT2D eigenvalue weighted by Crippen LogP contribution is 2.23. The molecule has 1 aromatic heterocycles. The molecule has 0 radical (unpaired) electrons. The van der Waals surface area contributed by atoms with Crippen LogP contribution in [-0.4, -0.2) is 78.3 Å². The van der Waals surface area contributed by atoms with Crippen molar-refractivity contribution in [2.24, 2.45) is 0 Å². The minimum absolute atomic E-state index is 0.0736. The third-order valence-corrected chi connectivity index (χ3v) is 6.47. The number of anilines is 1. The molecule has 2 amide bonds. The lowest BCUT2D eigenvalue weighted by molar-refractivity contribution is -0.129. The van der Waals surface area contributed by atoms with Crippen molar-refractivity contribution in [1.82, 2.24) is 20.5 Å². The van der Waals surface area contributed by atoms with Gasteiger partial charge in [-0.1, -0.05) is 24.3 Å². The molecule has 2 atom stereocenters. The van der Waals surface area contributed by atoms with Gasteiger partial charge < -0.3 is 30.3 Å². The molecule has 0 bridgehead atoms.